The Balaban J connectivity index is 2.67. The molecule has 0 spiro atoms. The summed E-state index contributed by atoms with van der Waals surface area (Å²) in [5.74, 6) is 0. The first-order valence-electron chi connectivity index (χ1n) is 6.64. The molecule has 0 aromatic carbocycles. The first kappa shape index (κ1) is 14.2. The number of hydrogen-bond donors (Lipinski definition) is 2. The molecule has 0 saturated heterocycles. The Hall–Kier alpha value is -0.870. The lowest BCUT2D eigenvalue weighted by Gasteiger charge is -2.17. The molecule has 0 saturated carbocycles. The van der Waals surface area contributed by atoms with Crippen LogP contribution in [0.5, 0.6) is 0 Å². The summed E-state index contributed by atoms with van der Waals surface area (Å²) in [6.45, 7) is 8.23. The van der Waals surface area contributed by atoms with Crippen LogP contribution in [0, 0.1) is 0 Å². The van der Waals surface area contributed by atoms with Gasteiger partial charge < -0.3 is 10.4 Å². The number of hydrogen-bond acceptors (Lipinski definition) is 3. The highest BCUT2D eigenvalue weighted by Gasteiger charge is 2.11. The summed E-state index contributed by atoms with van der Waals surface area (Å²) in [4.78, 5) is 0. The van der Waals surface area contributed by atoms with Crippen LogP contribution in [0.15, 0.2) is 6.07 Å². The first-order valence-corrected chi connectivity index (χ1v) is 6.64. The zero-order valence-corrected chi connectivity index (χ0v) is 11.2. The van der Waals surface area contributed by atoms with Crippen molar-refractivity contribution in [1.29, 1.82) is 0 Å². The molecule has 1 aromatic rings. The van der Waals surface area contributed by atoms with E-state index in [2.05, 4.69) is 37.3 Å². The molecule has 0 radical (unpaired) electrons. The van der Waals surface area contributed by atoms with E-state index in [-0.39, 0.29) is 12.6 Å². The molecule has 4 nitrogen and oxygen atoms in total. The van der Waals surface area contributed by atoms with Crippen molar-refractivity contribution in [2.45, 2.75) is 52.6 Å². The van der Waals surface area contributed by atoms with Crippen LogP contribution < -0.4 is 5.32 Å². The van der Waals surface area contributed by atoms with E-state index in [0.29, 0.717) is 0 Å². The van der Waals surface area contributed by atoms with Crippen LogP contribution in [-0.2, 0) is 19.4 Å². The first-order chi connectivity index (χ1) is 8.24. The number of aliphatic hydroxyl groups excluding tert-OH is 1. The summed E-state index contributed by atoms with van der Waals surface area (Å²) in [7, 11) is 0. The molecule has 1 atom stereocenters. The minimum atomic E-state index is 0.102. The van der Waals surface area contributed by atoms with Crippen molar-refractivity contribution in [1.82, 2.24) is 15.1 Å². The van der Waals surface area contributed by atoms with Gasteiger partial charge in [0.25, 0.3) is 0 Å². The Labute approximate surface area is 104 Å². The maximum atomic E-state index is 9.34. The standard InChI is InChI=1S/C13H25N3O/c1-4-7-14-12(10-17)9-16-13(6-3)8-11(5-2)15-16/h8,12,14,17H,4-7,9-10H2,1-3H3. The van der Waals surface area contributed by atoms with Gasteiger partial charge in [-0.25, -0.2) is 0 Å². The predicted molar refractivity (Wildman–Crippen MR) is 70.2 cm³/mol. The maximum Gasteiger partial charge on any atom is 0.0624 e. The van der Waals surface area contributed by atoms with E-state index >= 15 is 0 Å². The summed E-state index contributed by atoms with van der Waals surface area (Å²) < 4.78 is 2.03. The van der Waals surface area contributed by atoms with E-state index in [1.165, 1.54) is 5.69 Å². The van der Waals surface area contributed by atoms with Crippen molar-refractivity contribution in [3.63, 3.8) is 0 Å². The normalized spacial score (nSPS) is 12.9. The molecule has 4 heteroatoms. The van der Waals surface area contributed by atoms with Gasteiger partial charge in [0.15, 0.2) is 0 Å². The van der Waals surface area contributed by atoms with Gasteiger partial charge in [-0.15, -0.1) is 0 Å². The van der Waals surface area contributed by atoms with Crippen LogP contribution in [0.25, 0.3) is 0 Å². The van der Waals surface area contributed by atoms with Gasteiger partial charge >= 0.3 is 0 Å². The second kappa shape index (κ2) is 7.45. The van der Waals surface area contributed by atoms with Crippen molar-refractivity contribution in [2.24, 2.45) is 0 Å². The molecule has 1 aromatic heterocycles. The van der Waals surface area contributed by atoms with Crippen molar-refractivity contribution < 1.29 is 5.11 Å². The van der Waals surface area contributed by atoms with Gasteiger partial charge in [-0.05, 0) is 31.9 Å². The largest absolute Gasteiger partial charge is 0.395 e. The predicted octanol–water partition coefficient (Wildman–Crippen LogP) is 1.37. The Kier molecular flexibility index (Phi) is 6.22. The van der Waals surface area contributed by atoms with Crippen LogP contribution in [0.3, 0.4) is 0 Å². The average Bonchev–Trinajstić information content (AvgIpc) is 2.76. The number of nitrogens with one attached hydrogen (secondary N) is 1. The van der Waals surface area contributed by atoms with Crippen LogP contribution >= 0.6 is 0 Å². The second-order valence-corrected chi connectivity index (χ2v) is 4.35. The third kappa shape index (κ3) is 4.13. The van der Waals surface area contributed by atoms with Crippen LogP contribution in [-0.4, -0.2) is 34.1 Å². The van der Waals surface area contributed by atoms with Crippen molar-refractivity contribution in [2.75, 3.05) is 13.2 Å². The minimum Gasteiger partial charge on any atom is -0.395 e. The summed E-state index contributed by atoms with van der Waals surface area (Å²) >= 11 is 0. The fraction of sp³-hybridized carbons (Fsp3) is 0.769. The molecule has 0 fully saturated rings. The minimum absolute atomic E-state index is 0.102. The molecule has 0 bridgehead atoms. The molecule has 0 aliphatic rings. The monoisotopic (exact) mass is 239 g/mol. The lowest BCUT2D eigenvalue weighted by atomic mass is 10.2. The number of aromatic nitrogens is 2. The van der Waals surface area contributed by atoms with Gasteiger partial charge in [-0.3, -0.25) is 4.68 Å². The van der Waals surface area contributed by atoms with Gasteiger partial charge in [0, 0.05) is 11.7 Å². The molecule has 2 N–H and O–H groups in total. The number of aliphatic hydroxyl groups is 1. The average molecular weight is 239 g/mol. The molecular weight excluding hydrogens is 214 g/mol. The Morgan fingerprint density at radius 2 is 2.12 bits per heavy atom. The molecule has 0 aliphatic heterocycles. The third-order valence-electron chi connectivity index (χ3n) is 2.94. The molecule has 1 unspecified atom stereocenters. The maximum absolute atomic E-state index is 9.34. The van der Waals surface area contributed by atoms with Crippen molar-refractivity contribution in [3.8, 4) is 0 Å². The van der Waals surface area contributed by atoms with Gasteiger partial charge in [-0.2, -0.15) is 5.10 Å². The molecule has 17 heavy (non-hydrogen) atoms. The molecule has 1 heterocycles. The molecule has 1 rings (SSSR count). The highest BCUT2D eigenvalue weighted by Crippen LogP contribution is 2.07. The fourth-order valence-corrected chi connectivity index (χ4v) is 1.87. The van der Waals surface area contributed by atoms with Crippen molar-refractivity contribution in [3.05, 3.63) is 17.5 Å². The highest BCUT2D eigenvalue weighted by molar-refractivity contribution is 5.10. The second-order valence-electron chi connectivity index (χ2n) is 4.35. The van der Waals surface area contributed by atoms with Crippen LogP contribution in [0.4, 0.5) is 0 Å². The summed E-state index contributed by atoms with van der Waals surface area (Å²) in [6.07, 6.45) is 3.03. The van der Waals surface area contributed by atoms with E-state index in [9.17, 15) is 5.11 Å². The molecular formula is C13H25N3O. The van der Waals surface area contributed by atoms with E-state index in [4.69, 9.17) is 0 Å². The Morgan fingerprint density at radius 3 is 2.65 bits per heavy atom. The Morgan fingerprint density at radius 1 is 1.35 bits per heavy atom. The van der Waals surface area contributed by atoms with Crippen LogP contribution in [0.2, 0.25) is 0 Å². The van der Waals surface area contributed by atoms with Gasteiger partial charge in [0.1, 0.15) is 0 Å². The molecule has 0 amide bonds. The quantitative estimate of drug-likeness (QED) is 0.720. The number of rotatable bonds is 8. The smallest absolute Gasteiger partial charge is 0.0624 e. The van der Waals surface area contributed by atoms with E-state index in [1.807, 2.05) is 4.68 Å². The van der Waals surface area contributed by atoms with E-state index in [1.54, 1.807) is 0 Å². The van der Waals surface area contributed by atoms with Crippen LogP contribution in [0.1, 0.15) is 38.6 Å². The number of nitrogens with zero attached hydrogens (tertiary/aromatic N) is 2. The van der Waals surface area contributed by atoms with Gasteiger partial charge in [0.05, 0.1) is 18.8 Å². The SMILES string of the molecule is CCCNC(CO)Cn1nc(CC)cc1CC. The highest BCUT2D eigenvalue weighted by atomic mass is 16.3. The van der Waals surface area contributed by atoms with Crippen molar-refractivity contribution >= 4 is 0 Å². The van der Waals surface area contributed by atoms with E-state index in [0.717, 1.165) is 38.0 Å². The summed E-state index contributed by atoms with van der Waals surface area (Å²) in [6, 6.07) is 2.26. The molecule has 0 aliphatic carbocycles. The van der Waals surface area contributed by atoms with Gasteiger partial charge in [0.2, 0.25) is 0 Å². The summed E-state index contributed by atoms with van der Waals surface area (Å²) in [5, 5.41) is 17.2. The van der Waals surface area contributed by atoms with E-state index < -0.39 is 0 Å². The Bertz CT molecular complexity index is 322. The third-order valence-corrected chi connectivity index (χ3v) is 2.94. The zero-order chi connectivity index (χ0) is 12.7. The lowest BCUT2D eigenvalue weighted by Crippen LogP contribution is -2.37. The lowest BCUT2D eigenvalue weighted by molar-refractivity contribution is 0.224. The van der Waals surface area contributed by atoms with Gasteiger partial charge in [-0.1, -0.05) is 20.8 Å². The molecule has 98 valence electrons. The fourth-order valence-electron chi connectivity index (χ4n) is 1.87. The number of aryl methyl sites for hydroxylation is 2. The topological polar surface area (TPSA) is 50.1 Å². The zero-order valence-electron chi connectivity index (χ0n) is 11.2. The summed E-state index contributed by atoms with van der Waals surface area (Å²) in [5.41, 5.74) is 2.38.